The number of ether oxygens (including phenoxy) is 1. The molecule has 1 rings (SSSR count). The number of nitrogens with one attached hydrogen (secondary N) is 3. The topological polar surface area (TPSA) is 101 Å². The van der Waals surface area contributed by atoms with E-state index < -0.39 is 0 Å². The maximum absolute atomic E-state index is 11.1. The van der Waals surface area contributed by atoms with Crippen LogP contribution in [-0.4, -0.2) is 53.2 Å². The number of hydrogen-bond acceptors (Lipinski definition) is 8. The third kappa shape index (κ3) is 6.98. The Kier molecular flexibility index (Phi) is 7.59. The third-order valence-electron chi connectivity index (χ3n) is 2.29. The van der Waals surface area contributed by atoms with Crippen LogP contribution in [0.5, 0.6) is 6.01 Å². The number of carbonyl (C=O) groups is 1. The fourth-order valence-corrected chi connectivity index (χ4v) is 1.81. The lowest BCUT2D eigenvalue weighted by atomic mass is 10.2. The van der Waals surface area contributed by atoms with Gasteiger partial charge in [0, 0.05) is 25.9 Å². The Morgan fingerprint density at radius 2 is 1.90 bits per heavy atom. The second-order valence-corrected chi connectivity index (χ2v) is 5.62. The SMILES string of the molecule is CNC(=O)SCCNc1nc(NCC(C)C)nc(OC)n1. The molecule has 3 N–H and O–H groups in total. The van der Waals surface area contributed by atoms with Gasteiger partial charge in [-0.05, 0) is 5.92 Å². The highest BCUT2D eigenvalue weighted by Crippen LogP contribution is 2.11. The number of methoxy groups -OCH3 is 1. The minimum atomic E-state index is -0.0654. The van der Waals surface area contributed by atoms with Crippen molar-refractivity contribution in [1.82, 2.24) is 20.3 Å². The number of hydrogen-bond donors (Lipinski definition) is 3. The van der Waals surface area contributed by atoms with Gasteiger partial charge in [0.05, 0.1) is 7.11 Å². The van der Waals surface area contributed by atoms with E-state index in [4.69, 9.17) is 4.74 Å². The molecule has 118 valence electrons. The lowest BCUT2D eigenvalue weighted by Crippen LogP contribution is -2.16. The molecule has 0 saturated carbocycles. The van der Waals surface area contributed by atoms with Crippen LogP contribution in [0.4, 0.5) is 16.7 Å². The zero-order chi connectivity index (χ0) is 15.7. The van der Waals surface area contributed by atoms with Crippen molar-refractivity contribution < 1.29 is 9.53 Å². The van der Waals surface area contributed by atoms with Crippen molar-refractivity contribution in [2.24, 2.45) is 5.92 Å². The van der Waals surface area contributed by atoms with E-state index in [1.165, 1.54) is 18.9 Å². The van der Waals surface area contributed by atoms with Crippen molar-refractivity contribution in [3.05, 3.63) is 0 Å². The van der Waals surface area contributed by atoms with Gasteiger partial charge >= 0.3 is 6.01 Å². The molecule has 0 aromatic carbocycles. The van der Waals surface area contributed by atoms with Gasteiger partial charge in [0.15, 0.2) is 0 Å². The van der Waals surface area contributed by atoms with Gasteiger partial charge in [-0.3, -0.25) is 4.79 Å². The van der Waals surface area contributed by atoms with Gasteiger partial charge in [-0.2, -0.15) is 15.0 Å². The molecule has 9 heteroatoms. The first-order valence-corrected chi connectivity index (χ1v) is 7.66. The lowest BCUT2D eigenvalue weighted by Gasteiger charge is -2.10. The second kappa shape index (κ2) is 9.22. The first-order chi connectivity index (χ1) is 10.0. The predicted octanol–water partition coefficient (Wildman–Crippen LogP) is 1.43. The predicted molar refractivity (Wildman–Crippen MR) is 85.1 cm³/mol. The Morgan fingerprint density at radius 3 is 2.48 bits per heavy atom. The van der Waals surface area contributed by atoms with Gasteiger partial charge in [0.1, 0.15) is 0 Å². The molecular formula is C12H22N6O2S. The summed E-state index contributed by atoms with van der Waals surface area (Å²) in [5, 5.41) is 8.65. The zero-order valence-electron chi connectivity index (χ0n) is 12.8. The molecule has 0 aliphatic carbocycles. The highest BCUT2D eigenvalue weighted by atomic mass is 32.2. The number of aromatic nitrogens is 3. The van der Waals surface area contributed by atoms with Crippen LogP contribution in [0.25, 0.3) is 0 Å². The quantitative estimate of drug-likeness (QED) is 0.620. The Morgan fingerprint density at radius 1 is 1.24 bits per heavy atom. The van der Waals surface area contributed by atoms with Crippen molar-refractivity contribution >= 4 is 28.9 Å². The summed E-state index contributed by atoms with van der Waals surface area (Å²) in [7, 11) is 3.11. The summed E-state index contributed by atoms with van der Waals surface area (Å²) in [4.78, 5) is 23.6. The first-order valence-electron chi connectivity index (χ1n) is 6.67. The van der Waals surface area contributed by atoms with Gasteiger partial charge in [-0.15, -0.1) is 0 Å². The minimum absolute atomic E-state index is 0.0654. The van der Waals surface area contributed by atoms with Gasteiger partial charge in [-0.1, -0.05) is 25.6 Å². The molecule has 8 nitrogen and oxygen atoms in total. The summed E-state index contributed by atoms with van der Waals surface area (Å²) >= 11 is 1.19. The molecule has 0 spiro atoms. The van der Waals surface area contributed by atoms with E-state index in [0.717, 1.165) is 6.54 Å². The molecule has 1 aromatic rings. The van der Waals surface area contributed by atoms with Crippen LogP contribution in [0.2, 0.25) is 0 Å². The third-order valence-corrected chi connectivity index (χ3v) is 3.16. The molecule has 0 bridgehead atoms. The Balaban J connectivity index is 2.55. The van der Waals surface area contributed by atoms with Crippen LogP contribution in [0, 0.1) is 5.92 Å². The van der Waals surface area contributed by atoms with Gasteiger partial charge in [0.2, 0.25) is 11.9 Å². The fraction of sp³-hybridized carbons (Fsp3) is 0.667. The zero-order valence-corrected chi connectivity index (χ0v) is 13.6. The number of carbonyl (C=O) groups excluding carboxylic acids is 1. The number of anilines is 2. The largest absolute Gasteiger partial charge is 0.467 e. The number of thioether (sulfide) groups is 1. The van der Waals surface area contributed by atoms with E-state index in [1.807, 2.05) is 0 Å². The van der Waals surface area contributed by atoms with Crippen molar-refractivity contribution in [3.8, 4) is 6.01 Å². The van der Waals surface area contributed by atoms with E-state index in [1.54, 1.807) is 7.05 Å². The molecule has 1 aromatic heterocycles. The summed E-state index contributed by atoms with van der Waals surface area (Å²) < 4.78 is 5.05. The second-order valence-electron chi connectivity index (χ2n) is 4.56. The van der Waals surface area contributed by atoms with Crippen LogP contribution in [0.15, 0.2) is 0 Å². The van der Waals surface area contributed by atoms with Crippen molar-refractivity contribution in [2.45, 2.75) is 13.8 Å². The number of rotatable bonds is 8. The van der Waals surface area contributed by atoms with Gasteiger partial charge in [0.25, 0.3) is 5.24 Å². The Hall–Kier alpha value is -1.77. The highest BCUT2D eigenvalue weighted by molar-refractivity contribution is 8.13. The van der Waals surface area contributed by atoms with Gasteiger partial charge < -0.3 is 20.7 Å². The molecule has 0 radical (unpaired) electrons. The Labute approximate surface area is 128 Å². The summed E-state index contributed by atoms with van der Waals surface area (Å²) in [5.74, 6) is 1.98. The highest BCUT2D eigenvalue weighted by Gasteiger charge is 2.07. The van der Waals surface area contributed by atoms with Crippen LogP contribution < -0.4 is 20.7 Å². The van der Waals surface area contributed by atoms with Crippen LogP contribution in [-0.2, 0) is 0 Å². The standard InChI is InChI=1S/C12H22N6O2S/c1-8(2)7-15-10-16-9(17-11(18-10)20-4)14-5-6-21-12(19)13-3/h8H,5-7H2,1-4H3,(H,13,19)(H2,14,15,16,17,18). The maximum atomic E-state index is 11.1. The maximum Gasteiger partial charge on any atom is 0.322 e. The molecule has 0 atom stereocenters. The summed E-state index contributed by atoms with van der Waals surface area (Å²) in [6.07, 6.45) is 0. The molecule has 1 amide bonds. The average Bonchev–Trinajstić information content (AvgIpc) is 2.49. The van der Waals surface area contributed by atoms with Gasteiger partial charge in [-0.25, -0.2) is 0 Å². The van der Waals surface area contributed by atoms with E-state index in [-0.39, 0.29) is 11.2 Å². The minimum Gasteiger partial charge on any atom is -0.467 e. The van der Waals surface area contributed by atoms with Crippen molar-refractivity contribution in [2.75, 3.05) is 43.6 Å². The van der Waals surface area contributed by atoms with Crippen LogP contribution in [0.1, 0.15) is 13.8 Å². The van der Waals surface area contributed by atoms with E-state index in [9.17, 15) is 4.79 Å². The first kappa shape index (κ1) is 17.3. The molecule has 1 heterocycles. The normalized spacial score (nSPS) is 10.3. The fourth-order valence-electron chi connectivity index (χ4n) is 1.28. The number of amides is 1. The van der Waals surface area contributed by atoms with Crippen molar-refractivity contribution in [3.63, 3.8) is 0 Å². The lowest BCUT2D eigenvalue weighted by molar-refractivity contribution is 0.262. The van der Waals surface area contributed by atoms with Crippen molar-refractivity contribution in [1.29, 1.82) is 0 Å². The molecule has 21 heavy (non-hydrogen) atoms. The van der Waals surface area contributed by atoms with E-state index >= 15 is 0 Å². The molecule has 0 fully saturated rings. The Bertz CT molecular complexity index is 457. The smallest absolute Gasteiger partial charge is 0.322 e. The number of nitrogens with zero attached hydrogens (tertiary/aromatic N) is 3. The molecular weight excluding hydrogens is 292 g/mol. The van der Waals surface area contributed by atoms with Crippen LogP contribution >= 0.6 is 11.8 Å². The molecule has 0 saturated heterocycles. The van der Waals surface area contributed by atoms with E-state index in [0.29, 0.717) is 30.1 Å². The molecule has 0 aliphatic heterocycles. The summed E-state index contributed by atoms with van der Waals surface area (Å²) in [5.41, 5.74) is 0. The summed E-state index contributed by atoms with van der Waals surface area (Å²) in [6, 6.07) is 0.248. The monoisotopic (exact) mass is 314 g/mol. The molecule has 0 aliphatic rings. The average molecular weight is 314 g/mol. The van der Waals surface area contributed by atoms with Crippen LogP contribution in [0.3, 0.4) is 0 Å². The summed E-state index contributed by atoms with van der Waals surface area (Å²) in [6.45, 7) is 5.52. The van der Waals surface area contributed by atoms with E-state index in [2.05, 4.69) is 44.7 Å². The molecule has 0 unspecified atom stereocenters.